The molecule has 0 radical (unpaired) electrons. The number of nitrogens with zero attached hydrogens (tertiary/aromatic N) is 2. The van der Waals surface area contributed by atoms with E-state index < -0.39 is 0 Å². The number of amides is 1. The zero-order valence-electron chi connectivity index (χ0n) is 13.9. The summed E-state index contributed by atoms with van der Waals surface area (Å²) in [4.78, 5) is 16.4. The first-order valence-corrected chi connectivity index (χ1v) is 8.93. The maximum absolute atomic E-state index is 12.0. The van der Waals surface area contributed by atoms with Crippen LogP contribution in [0.3, 0.4) is 0 Å². The van der Waals surface area contributed by atoms with E-state index in [1.165, 1.54) is 11.8 Å². The summed E-state index contributed by atoms with van der Waals surface area (Å²) in [6.07, 6.45) is 2.13. The second-order valence-corrected chi connectivity index (χ2v) is 7.00. The van der Waals surface area contributed by atoms with Gasteiger partial charge in [0.05, 0.1) is 5.75 Å². The van der Waals surface area contributed by atoms with Gasteiger partial charge < -0.3 is 5.32 Å². The van der Waals surface area contributed by atoms with Gasteiger partial charge in [0, 0.05) is 11.6 Å². The number of carbonyl (C=O) groups is 1. The first-order valence-electron chi connectivity index (χ1n) is 7.94. The summed E-state index contributed by atoms with van der Waals surface area (Å²) in [5, 5.41) is 10.7. The van der Waals surface area contributed by atoms with Crippen LogP contribution in [0.1, 0.15) is 33.6 Å². The van der Waals surface area contributed by atoms with Gasteiger partial charge in [0.1, 0.15) is 0 Å². The van der Waals surface area contributed by atoms with Crippen LogP contribution < -0.4 is 5.32 Å². The Bertz CT molecular complexity index is 612. The predicted octanol–water partition coefficient (Wildman–Crippen LogP) is 3.50. The van der Waals surface area contributed by atoms with Gasteiger partial charge in [-0.15, -0.1) is 5.10 Å². The molecule has 1 atom stereocenters. The maximum atomic E-state index is 12.0. The van der Waals surface area contributed by atoms with Crippen LogP contribution in [-0.2, 0) is 4.79 Å². The average molecular weight is 332 g/mol. The second kappa shape index (κ2) is 8.72. The Hall–Kier alpha value is -1.82. The number of carbonyl (C=O) groups excluding carboxylic acids is 1. The molecule has 0 saturated carbocycles. The molecule has 0 fully saturated rings. The monoisotopic (exact) mass is 332 g/mol. The van der Waals surface area contributed by atoms with Crippen LogP contribution in [0.4, 0.5) is 0 Å². The van der Waals surface area contributed by atoms with Crippen molar-refractivity contribution in [2.45, 2.75) is 44.8 Å². The van der Waals surface area contributed by atoms with E-state index in [0.29, 0.717) is 16.8 Å². The predicted molar refractivity (Wildman–Crippen MR) is 94.2 cm³/mol. The van der Waals surface area contributed by atoms with Crippen molar-refractivity contribution in [3.05, 3.63) is 30.3 Å². The minimum atomic E-state index is 0.0253. The number of hydrogen-bond donors (Lipinski definition) is 2. The fourth-order valence-electron chi connectivity index (χ4n) is 2.14. The zero-order valence-corrected chi connectivity index (χ0v) is 14.7. The van der Waals surface area contributed by atoms with E-state index in [4.69, 9.17) is 0 Å². The van der Waals surface area contributed by atoms with Crippen molar-refractivity contribution in [2.24, 2.45) is 5.92 Å². The van der Waals surface area contributed by atoms with Crippen LogP contribution in [-0.4, -0.2) is 32.9 Å². The normalized spacial score (nSPS) is 12.3. The highest BCUT2D eigenvalue weighted by atomic mass is 32.2. The summed E-state index contributed by atoms with van der Waals surface area (Å²) in [6.45, 7) is 6.43. The molecular weight excluding hydrogens is 308 g/mol. The minimum absolute atomic E-state index is 0.0253. The summed E-state index contributed by atoms with van der Waals surface area (Å²) in [6, 6.07) is 10.0. The fraction of sp³-hybridized carbons (Fsp3) is 0.471. The molecule has 2 N–H and O–H groups in total. The third-order valence-corrected chi connectivity index (χ3v) is 4.28. The van der Waals surface area contributed by atoms with Gasteiger partial charge in [-0.05, 0) is 25.7 Å². The summed E-state index contributed by atoms with van der Waals surface area (Å²) in [5.74, 6) is 1.74. The molecule has 124 valence electrons. The first-order chi connectivity index (χ1) is 11.0. The Labute approximate surface area is 141 Å². The number of thioether (sulfide) groups is 1. The van der Waals surface area contributed by atoms with Crippen molar-refractivity contribution in [2.75, 3.05) is 5.75 Å². The summed E-state index contributed by atoms with van der Waals surface area (Å²) in [5.41, 5.74) is 0.985. The lowest BCUT2D eigenvalue weighted by Crippen LogP contribution is -2.34. The molecule has 0 unspecified atom stereocenters. The summed E-state index contributed by atoms with van der Waals surface area (Å²) >= 11 is 1.34. The van der Waals surface area contributed by atoms with Gasteiger partial charge >= 0.3 is 0 Å². The Morgan fingerprint density at radius 2 is 1.96 bits per heavy atom. The molecule has 2 aromatic rings. The first kappa shape index (κ1) is 17.5. The fourth-order valence-corrected chi connectivity index (χ4v) is 2.75. The van der Waals surface area contributed by atoms with Gasteiger partial charge in [0.25, 0.3) is 0 Å². The van der Waals surface area contributed by atoms with E-state index in [0.717, 1.165) is 24.2 Å². The second-order valence-electron chi connectivity index (χ2n) is 6.06. The third-order valence-electron chi connectivity index (χ3n) is 3.43. The van der Waals surface area contributed by atoms with Gasteiger partial charge in [-0.3, -0.25) is 9.89 Å². The largest absolute Gasteiger partial charge is 0.353 e. The van der Waals surface area contributed by atoms with Crippen LogP contribution in [0.5, 0.6) is 0 Å². The van der Waals surface area contributed by atoms with Crippen LogP contribution in [0.25, 0.3) is 11.4 Å². The van der Waals surface area contributed by atoms with Gasteiger partial charge in [-0.25, -0.2) is 4.98 Å². The van der Waals surface area contributed by atoms with Crippen molar-refractivity contribution in [1.29, 1.82) is 0 Å². The number of nitrogens with one attached hydrogen (secondary N) is 2. The molecule has 1 amide bonds. The van der Waals surface area contributed by atoms with Crippen molar-refractivity contribution in [3.8, 4) is 11.4 Å². The number of rotatable bonds is 8. The Kier molecular flexibility index (Phi) is 6.65. The van der Waals surface area contributed by atoms with E-state index in [1.807, 2.05) is 37.3 Å². The molecule has 6 heteroatoms. The van der Waals surface area contributed by atoms with Gasteiger partial charge in [0.15, 0.2) is 5.82 Å². The molecule has 0 spiro atoms. The van der Waals surface area contributed by atoms with Crippen LogP contribution in [0, 0.1) is 5.92 Å². The molecule has 5 nitrogen and oxygen atoms in total. The summed E-state index contributed by atoms with van der Waals surface area (Å²) in [7, 11) is 0. The molecule has 23 heavy (non-hydrogen) atoms. The number of aromatic amines is 1. The molecular formula is C17H24N4OS. The van der Waals surface area contributed by atoms with Crippen molar-refractivity contribution >= 4 is 17.7 Å². The highest BCUT2D eigenvalue weighted by molar-refractivity contribution is 7.99. The molecule has 1 heterocycles. The quantitative estimate of drug-likeness (QED) is 0.726. The Balaban J connectivity index is 1.78. The van der Waals surface area contributed by atoms with Gasteiger partial charge in [-0.1, -0.05) is 55.9 Å². The topological polar surface area (TPSA) is 70.7 Å². The highest BCUT2D eigenvalue weighted by Crippen LogP contribution is 2.18. The molecule has 2 rings (SSSR count). The van der Waals surface area contributed by atoms with E-state index in [2.05, 4.69) is 34.3 Å². The third kappa shape index (κ3) is 6.06. The molecule has 0 aliphatic rings. The smallest absolute Gasteiger partial charge is 0.230 e. The van der Waals surface area contributed by atoms with Gasteiger partial charge in [-0.2, -0.15) is 0 Å². The van der Waals surface area contributed by atoms with Crippen LogP contribution in [0.2, 0.25) is 0 Å². The van der Waals surface area contributed by atoms with Crippen LogP contribution >= 0.6 is 11.8 Å². The highest BCUT2D eigenvalue weighted by Gasteiger charge is 2.11. The Morgan fingerprint density at radius 3 is 2.65 bits per heavy atom. The molecule has 1 aromatic heterocycles. The van der Waals surface area contributed by atoms with Gasteiger partial charge in [0.2, 0.25) is 11.1 Å². The zero-order chi connectivity index (χ0) is 16.7. The van der Waals surface area contributed by atoms with E-state index in [9.17, 15) is 4.79 Å². The SMILES string of the molecule is CC(C)CC[C@H](C)NC(=O)CSc1n[nH]c(-c2ccccc2)n1. The number of aromatic nitrogens is 3. The average Bonchev–Trinajstić information content (AvgIpc) is 3.01. The number of H-pyrrole nitrogens is 1. The number of benzene rings is 1. The molecule has 0 aliphatic heterocycles. The maximum Gasteiger partial charge on any atom is 0.230 e. The van der Waals surface area contributed by atoms with E-state index in [1.54, 1.807) is 0 Å². The van der Waals surface area contributed by atoms with Crippen molar-refractivity contribution in [3.63, 3.8) is 0 Å². The van der Waals surface area contributed by atoms with Crippen molar-refractivity contribution in [1.82, 2.24) is 20.5 Å². The van der Waals surface area contributed by atoms with Crippen LogP contribution in [0.15, 0.2) is 35.5 Å². The standard InChI is InChI=1S/C17H24N4OS/c1-12(2)9-10-13(3)18-15(22)11-23-17-19-16(20-21-17)14-7-5-4-6-8-14/h4-8,12-13H,9-11H2,1-3H3,(H,18,22)(H,19,20,21)/t13-/m0/s1. The lowest BCUT2D eigenvalue weighted by molar-refractivity contribution is -0.119. The van der Waals surface area contributed by atoms with E-state index in [-0.39, 0.29) is 11.9 Å². The number of hydrogen-bond acceptors (Lipinski definition) is 4. The molecule has 0 aliphatic carbocycles. The summed E-state index contributed by atoms with van der Waals surface area (Å²) < 4.78 is 0. The minimum Gasteiger partial charge on any atom is -0.353 e. The molecule has 0 saturated heterocycles. The Morgan fingerprint density at radius 1 is 1.22 bits per heavy atom. The lowest BCUT2D eigenvalue weighted by Gasteiger charge is -2.14. The van der Waals surface area contributed by atoms with E-state index >= 15 is 0 Å². The molecule has 0 bridgehead atoms. The van der Waals surface area contributed by atoms with Crippen molar-refractivity contribution < 1.29 is 4.79 Å². The lowest BCUT2D eigenvalue weighted by atomic mass is 10.0. The molecule has 1 aromatic carbocycles.